The molecule has 0 radical (unpaired) electrons. The molecule has 1 aromatic carbocycles. The Morgan fingerprint density at radius 1 is 1.14 bits per heavy atom. The first-order valence-electron chi connectivity index (χ1n) is 6.19. The lowest BCUT2D eigenvalue weighted by molar-refractivity contribution is -0.144. The van der Waals surface area contributed by atoms with Crippen molar-refractivity contribution in [1.82, 2.24) is 5.32 Å². The maximum atomic E-state index is 12.0. The van der Waals surface area contributed by atoms with Crippen molar-refractivity contribution in [3.8, 4) is 0 Å². The Bertz CT molecular complexity index is 515. The Morgan fingerprint density at radius 3 is 2.29 bits per heavy atom. The zero-order chi connectivity index (χ0) is 15.8. The number of ether oxygens (including phenoxy) is 2. The van der Waals surface area contributed by atoms with Crippen LogP contribution < -0.4 is 5.32 Å². The van der Waals surface area contributed by atoms with Gasteiger partial charge in [-0.15, -0.1) is 0 Å². The molecule has 0 saturated heterocycles. The molecule has 6 nitrogen and oxygen atoms in total. The van der Waals surface area contributed by atoms with Crippen LogP contribution in [0.3, 0.4) is 0 Å². The summed E-state index contributed by atoms with van der Waals surface area (Å²) < 4.78 is 9.11. The van der Waals surface area contributed by atoms with E-state index in [1.807, 2.05) is 0 Å². The van der Waals surface area contributed by atoms with Gasteiger partial charge in [0.2, 0.25) is 0 Å². The SMILES string of the molecule is COC(=O)CC[C@H](NC(=O)c1ccc(Cl)cc1)C(=O)OC. The number of carbonyl (C=O) groups is 3. The van der Waals surface area contributed by atoms with Gasteiger partial charge in [-0.25, -0.2) is 4.79 Å². The standard InChI is InChI=1S/C14H16ClNO5/c1-20-12(17)8-7-11(14(19)21-2)16-13(18)9-3-5-10(15)6-4-9/h3-6,11H,7-8H2,1-2H3,(H,16,18)/t11-/m0/s1. The molecule has 0 aliphatic carbocycles. The van der Waals surface area contributed by atoms with Crippen LogP contribution in [0.4, 0.5) is 0 Å². The highest BCUT2D eigenvalue weighted by molar-refractivity contribution is 6.30. The third kappa shape index (κ3) is 5.43. The van der Waals surface area contributed by atoms with Gasteiger partial charge in [0, 0.05) is 17.0 Å². The highest BCUT2D eigenvalue weighted by atomic mass is 35.5. The number of carbonyl (C=O) groups excluding carboxylic acids is 3. The lowest BCUT2D eigenvalue weighted by Gasteiger charge is -2.16. The minimum absolute atomic E-state index is 0.00281. The Morgan fingerprint density at radius 2 is 1.76 bits per heavy atom. The average Bonchev–Trinajstić information content (AvgIpc) is 2.50. The first kappa shape index (κ1) is 17.0. The smallest absolute Gasteiger partial charge is 0.328 e. The molecule has 0 unspecified atom stereocenters. The molecule has 0 aliphatic heterocycles. The quantitative estimate of drug-likeness (QED) is 0.806. The van der Waals surface area contributed by atoms with E-state index in [2.05, 4.69) is 14.8 Å². The van der Waals surface area contributed by atoms with Gasteiger partial charge in [-0.05, 0) is 30.7 Å². The van der Waals surface area contributed by atoms with Crippen LogP contribution in [-0.2, 0) is 19.1 Å². The van der Waals surface area contributed by atoms with Gasteiger partial charge in [-0.1, -0.05) is 11.6 Å². The Labute approximate surface area is 127 Å². The molecule has 21 heavy (non-hydrogen) atoms. The predicted molar refractivity (Wildman–Crippen MR) is 76.0 cm³/mol. The second-order valence-electron chi connectivity index (χ2n) is 4.17. The zero-order valence-electron chi connectivity index (χ0n) is 11.7. The summed E-state index contributed by atoms with van der Waals surface area (Å²) in [6.07, 6.45) is 0.0931. The van der Waals surface area contributed by atoms with Crippen LogP contribution in [0.25, 0.3) is 0 Å². The molecule has 114 valence electrons. The van der Waals surface area contributed by atoms with E-state index < -0.39 is 23.9 Å². The minimum Gasteiger partial charge on any atom is -0.469 e. The molecular formula is C14H16ClNO5. The predicted octanol–water partition coefficient (Wildman–Crippen LogP) is 1.56. The van der Waals surface area contributed by atoms with E-state index >= 15 is 0 Å². The summed E-state index contributed by atoms with van der Waals surface area (Å²) in [5.41, 5.74) is 0.353. The van der Waals surface area contributed by atoms with Crippen molar-refractivity contribution in [2.75, 3.05) is 14.2 Å². The van der Waals surface area contributed by atoms with Crippen LogP contribution in [0.2, 0.25) is 5.02 Å². The summed E-state index contributed by atoms with van der Waals surface area (Å²) in [5.74, 6) is -1.54. The van der Waals surface area contributed by atoms with Gasteiger partial charge in [0.25, 0.3) is 5.91 Å². The maximum absolute atomic E-state index is 12.0. The van der Waals surface area contributed by atoms with E-state index in [4.69, 9.17) is 11.6 Å². The molecule has 1 N–H and O–H groups in total. The van der Waals surface area contributed by atoms with E-state index in [9.17, 15) is 14.4 Å². The summed E-state index contributed by atoms with van der Waals surface area (Å²) in [4.78, 5) is 34.8. The number of methoxy groups -OCH3 is 2. The van der Waals surface area contributed by atoms with Gasteiger partial charge in [-0.3, -0.25) is 9.59 Å². The monoisotopic (exact) mass is 313 g/mol. The van der Waals surface area contributed by atoms with Crippen LogP contribution in [-0.4, -0.2) is 38.1 Å². The molecule has 7 heteroatoms. The van der Waals surface area contributed by atoms with Gasteiger partial charge in [0.05, 0.1) is 14.2 Å². The summed E-state index contributed by atoms with van der Waals surface area (Å²) in [6, 6.07) is 5.28. The van der Waals surface area contributed by atoms with Crippen molar-refractivity contribution >= 4 is 29.4 Å². The topological polar surface area (TPSA) is 81.7 Å². The summed E-state index contributed by atoms with van der Waals surface area (Å²) >= 11 is 5.74. The number of rotatable bonds is 6. The fourth-order valence-electron chi connectivity index (χ4n) is 1.60. The zero-order valence-corrected chi connectivity index (χ0v) is 12.5. The Hall–Kier alpha value is -2.08. The van der Waals surface area contributed by atoms with Gasteiger partial charge < -0.3 is 14.8 Å². The molecule has 0 aliphatic rings. The molecule has 0 fully saturated rings. The average molecular weight is 314 g/mol. The number of esters is 2. The van der Waals surface area contributed by atoms with Gasteiger partial charge in [-0.2, -0.15) is 0 Å². The second kappa shape index (κ2) is 8.26. The second-order valence-corrected chi connectivity index (χ2v) is 4.61. The molecular weight excluding hydrogens is 298 g/mol. The third-order valence-electron chi connectivity index (χ3n) is 2.76. The van der Waals surface area contributed by atoms with Gasteiger partial charge in [0.15, 0.2) is 0 Å². The van der Waals surface area contributed by atoms with Crippen molar-refractivity contribution in [2.45, 2.75) is 18.9 Å². The maximum Gasteiger partial charge on any atom is 0.328 e. The van der Waals surface area contributed by atoms with E-state index in [0.717, 1.165) is 0 Å². The highest BCUT2D eigenvalue weighted by Gasteiger charge is 2.23. The first-order chi connectivity index (χ1) is 9.97. The lowest BCUT2D eigenvalue weighted by Crippen LogP contribution is -2.41. The van der Waals surface area contributed by atoms with Crippen molar-refractivity contribution < 1.29 is 23.9 Å². The van der Waals surface area contributed by atoms with Crippen molar-refractivity contribution in [3.05, 3.63) is 34.9 Å². The molecule has 0 aromatic heterocycles. The molecule has 1 rings (SSSR count). The van der Waals surface area contributed by atoms with Crippen LogP contribution in [0.5, 0.6) is 0 Å². The van der Waals surface area contributed by atoms with Crippen LogP contribution in [0.15, 0.2) is 24.3 Å². The fourth-order valence-corrected chi connectivity index (χ4v) is 1.72. The number of hydrogen-bond donors (Lipinski definition) is 1. The highest BCUT2D eigenvalue weighted by Crippen LogP contribution is 2.10. The molecule has 1 aromatic rings. The molecule has 0 heterocycles. The number of nitrogens with one attached hydrogen (secondary N) is 1. The number of halogens is 1. The van der Waals surface area contributed by atoms with Crippen molar-refractivity contribution in [1.29, 1.82) is 0 Å². The van der Waals surface area contributed by atoms with Crippen LogP contribution >= 0.6 is 11.6 Å². The van der Waals surface area contributed by atoms with E-state index in [-0.39, 0.29) is 12.8 Å². The van der Waals surface area contributed by atoms with Gasteiger partial charge in [0.1, 0.15) is 6.04 Å². The van der Waals surface area contributed by atoms with Crippen molar-refractivity contribution in [2.24, 2.45) is 0 Å². The van der Waals surface area contributed by atoms with Crippen LogP contribution in [0, 0.1) is 0 Å². The Kier molecular flexibility index (Phi) is 6.68. The van der Waals surface area contributed by atoms with E-state index in [1.165, 1.54) is 26.4 Å². The molecule has 0 spiro atoms. The fraction of sp³-hybridized carbons (Fsp3) is 0.357. The molecule has 0 bridgehead atoms. The summed E-state index contributed by atoms with van der Waals surface area (Å²) in [6.45, 7) is 0. The number of amides is 1. The first-order valence-corrected chi connectivity index (χ1v) is 6.56. The minimum atomic E-state index is -0.919. The van der Waals surface area contributed by atoms with E-state index in [1.54, 1.807) is 12.1 Å². The van der Waals surface area contributed by atoms with Crippen LogP contribution in [0.1, 0.15) is 23.2 Å². The van der Waals surface area contributed by atoms with Gasteiger partial charge >= 0.3 is 11.9 Å². The third-order valence-corrected chi connectivity index (χ3v) is 3.01. The summed E-state index contributed by atoms with van der Waals surface area (Å²) in [7, 11) is 2.46. The number of benzene rings is 1. The molecule has 0 saturated carbocycles. The largest absolute Gasteiger partial charge is 0.469 e. The molecule has 1 atom stereocenters. The number of hydrogen-bond acceptors (Lipinski definition) is 5. The normalized spacial score (nSPS) is 11.4. The van der Waals surface area contributed by atoms with E-state index in [0.29, 0.717) is 10.6 Å². The summed E-state index contributed by atoms with van der Waals surface area (Å²) in [5, 5.41) is 3.02. The molecule has 1 amide bonds. The van der Waals surface area contributed by atoms with Crippen molar-refractivity contribution in [3.63, 3.8) is 0 Å². The Balaban J connectivity index is 2.71. The lowest BCUT2D eigenvalue weighted by atomic mass is 10.1.